The van der Waals surface area contributed by atoms with Crippen molar-refractivity contribution in [2.45, 2.75) is 12.5 Å². The smallest absolute Gasteiger partial charge is 0.301 e. The van der Waals surface area contributed by atoms with Crippen molar-refractivity contribution in [2.75, 3.05) is 0 Å². The van der Waals surface area contributed by atoms with Crippen molar-refractivity contribution < 1.29 is 12.3 Å². The molecule has 0 saturated carbocycles. The molecule has 80 valence electrons. The van der Waals surface area contributed by atoms with Crippen LogP contribution in [0.15, 0.2) is 35.4 Å². The third-order valence-corrected chi connectivity index (χ3v) is 3.03. The first-order chi connectivity index (χ1) is 7.07. The van der Waals surface area contributed by atoms with Gasteiger partial charge >= 0.3 is 10.2 Å². The van der Waals surface area contributed by atoms with E-state index in [9.17, 15) is 12.3 Å². The molecule has 1 aliphatic heterocycles. The van der Waals surface area contributed by atoms with Crippen LogP contribution in [-0.2, 0) is 10.2 Å². The maximum Gasteiger partial charge on any atom is 0.347 e. The van der Waals surface area contributed by atoms with E-state index in [0.717, 1.165) is 5.56 Å². The van der Waals surface area contributed by atoms with Crippen molar-refractivity contribution in [1.29, 1.82) is 0 Å². The lowest BCUT2D eigenvalue weighted by molar-refractivity contribution is 0.565. The first-order valence-corrected chi connectivity index (χ1v) is 5.77. The van der Waals surface area contributed by atoms with Crippen LogP contribution in [0.4, 0.5) is 3.89 Å². The topological polar surface area (TPSA) is 58.5 Å². The van der Waals surface area contributed by atoms with Gasteiger partial charge in [0, 0.05) is 6.42 Å². The van der Waals surface area contributed by atoms with Gasteiger partial charge in [-0.2, -0.15) is 13.5 Å². The van der Waals surface area contributed by atoms with Crippen LogP contribution in [0.1, 0.15) is 18.0 Å². The van der Waals surface area contributed by atoms with Crippen LogP contribution >= 0.6 is 0 Å². The number of nitrogens with one attached hydrogen (secondary N) is 1. The second-order valence-electron chi connectivity index (χ2n) is 3.24. The number of hydrogen-bond acceptors (Lipinski definition) is 4. The molecule has 15 heavy (non-hydrogen) atoms. The average Bonchev–Trinajstić information content (AvgIpc) is 2.67. The maximum absolute atomic E-state index is 12.6. The van der Waals surface area contributed by atoms with E-state index in [2.05, 4.69) is 10.5 Å². The summed E-state index contributed by atoms with van der Waals surface area (Å²) in [6, 6.07) is 8.93. The summed E-state index contributed by atoms with van der Waals surface area (Å²) in [6.45, 7) is 0. The highest BCUT2D eigenvalue weighted by Crippen LogP contribution is 2.23. The number of nitrogens with zero attached hydrogens (tertiary/aromatic N) is 1. The molecule has 6 heteroatoms. The summed E-state index contributed by atoms with van der Waals surface area (Å²) in [5, 5.41) is 3.03. The van der Waals surface area contributed by atoms with Gasteiger partial charge in [0.2, 0.25) is 0 Å². The van der Waals surface area contributed by atoms with Crippen molar-refractivity contribution >= 4 is 15.3 Å². The summed E-state index contributed by atoms with van der Waals surface area (Å²) >= 11 is 0. The van der Waals surface area contributed by atoms with Crippen molar-refractivity contribution in [3.8, 4) is 0 Å². The maximum atomic E-state index is 12.6. The largest absolute Gasteiger partial charge is 0.347 e. The summed E-state index contributed by atoms with van der Waals surface area (Å²) in [7, 11) is -4.66. The highest BCUT2D eigenvalue weighted by atomic mass is 32.3. The van der Waals surface area contributed by atoms with Crippen molar-refractivity contribution in [1.82, 2.24) is 5.43 Å². The van der Waals surface area contributed by atoms with Crippen molar-refractivity contribution in [3.05, 3.63) is 35.9 Å². The Balaban J connectivity index is 2.16. The molecule has 0 fully saturated rings. The highest BCUT2D eigenvalue weighted by Gasteiger charge is 2.28. The van der Waals surface area contributed by atoms with Gasteiger partial charge in [0.1, 0.15) is 0 Å². The van der Waals surface area contributed by atoms with Gasteiger partial charge in [0.05, 0.1) is 6.04 Å². The lowest BCUT2D eigenvalue weighted by atomic mass is 10.1. The molecule has 1 atom stereocenters. The van der Waals surface area contributed by atoms with Crippen LogP contribution in [0, 0.1) is 0 Å². The molecular weight excluding hydrogens is 219 g/mol. The molecule has 0 aliphatic carbocycles. The van der Waals surface area contributed by atoms with Crippen LogP contribution in [-0.4, -0.2) is 13.5 Å². The minimum atomic E-state index is -4.66. The zero-order chi connectivity index (χ0) is 10.9. The normalized spacial score (nSPS) is 20.9. The first-order valence-electron chi connectivity index (χ1n) is 4.39. The van der Waals surface area contributed by atoms with Crippen LogP contribution in [0.3, 0.4) is 0 Å². The highest BCUT2D eigenvalue weighted by molar-refractivity contribution is 8.02. The second kappa shape index (κ2) is 3.62. The van der Waals surface area contributed by atoms with E-state index in [-0.39, 0.29) is 12.5 Å². The van der Waals surface area contributed by atoms with Gasteiger partial charge in [-0.3, -0.25) is 0 Å². The molecule has 0 radical (unpaired) electrons. The van der Waals surface area contributed by atoms with Gasteiger partial charge in [-0.1, -0.05) is 34.2 Å². The standard InChI is InChI=1S/C9H9FN2O2S/c10-15(13,14)9-6-8(11-12-9)7-4-2-1-3-5-7/h1-5,8,11H,6H2. The molecule has 0 saturated heterocycles. The molecular formula is C9H9FN2O2S. The molecule has 0 spiro atoms. The Morgan fingerprint density at radius 1 is 1.33 bits per heavy atom. The molecule has 1 N–H and O–H groups in total. The molecule has 0 aromatic heterocycles. The van der Waals surface area contributed by atoms with Gasteiger partial charge in [0.25, 0.3) is 0 Å². The fourth-order valence-corrected chi connectivity index (χ4v) is 1.98. The molecule has 1 aliphatic rings. The Morgan fingerprint density at radius 3 is 2.53 bits per heavy atom. The average molecular weight is 228 g/mol. The Morgan fingerprint density at radius 2 is 2.00 bits per heavy atom. The fraction of sp³-hybridized carbons (Fsp3) is 0.222. The van der Waals surface area contributed by atoms with E-state index >= 15 is 0 Å². The summed E-state index contributed by atoms with van der Waals surface area (Å²) in [5.41, 5.74) is 3.49. The molecule has 1 aromatic rings. The van der Waals surface area contributed by atoms with E-state index in [0.29, 0.717) is 0 Å². The SMILES string of the molecule is O=S(=O)(F)C1=NNC(c2ccccc2)C1. The Hall–Kier alpha value is -1.43. The van der Waals surface area contributed by atoms with E-state index < -0.39 is 15.3 Å². The van der Waals surface area contributed by atoms with Gasteiger partial charge < -0.3 is 5.43 Å². The minimum absolute atomic E-state index is 0.0584. The number of benzene rings is 1. The molecule has 2 rings (SSSR count). The molecule has 1 heterocycles. The zero-order valence-electron chi connectivity index (χ0n) is 7.72. The minimum Gasteiger partial charge on any atom is -0.301 e. The van der Waals surface area contributed by atoms with E-state index in [4.69, 9.17) is 0 Å². The summed E-state index contributed by atoms with van der Waals surface area (Å²) in [6.07, 6.45) is 0.0584. The number of halogens is 1. The number of hydrogen-bond donors (Lipinski definition) is 1. The van der Waals surface area contributed by atoms with E-state index in [1.165, 1.54) is 0 Å². The predicted molar refractivity (Wildman–Crippen MR) is 54.4 cm³/mol. The van der Waals surface area contributed by atoms with Crippen LogP contribution in [0.25, 0.3) is 0 Å². The summed E-state index contributed by atoms with van der Waals surface area (Å²) in [5.74, 6) is 0. The Labute approximate surface area is 87.0 Å². The van der Waals surface area contributed by atoms with Crippen molar-refractivity contribution in [2.24, 2.45) is 5.10 Å². The van der Waals surface area contributed by atoms with Crippen molar-refractivity contribution in [3.63, 3.8) is 0 Å². The molecule has 1 aromatic carbocycles. The predicted octanol–water partition coefficient (Wildman–Crippen LogP) is 1.33. The monoisotopic (exact) mass is 228 g/mol. The third kappa shape index (κ3) is 2.15. The molecule has 1 unspecified atom stereocenters. The van der Waals surface area contributed by atoms with Crippen LogP contribution in [0.5, 0.6) is 0 Å². The van der Waals surface area contributed by atoms with Gasteiger partial charge in [-0.25, -0.2) is 0 Å². The molecule has 4 nitrogen and oxygen atoms in total. The first kappa shape index (κ1) is 10.1. The van der Waals surface area contributed by atoms with E-state index in [1.54, 1.807) is 0 Å². The summed E-state index contributed by atoms with van der Waals surface area (Å²) in [4.78, 5) is 0. The third-order valence-electron chi connectivity index (χ3n) is 2.21. The van der Waals surface area contributed by atoms with Gasteiger partial charge in [-0.15, -0.1) is 0 Å². The Kier molecular flexibility index (Phi) is 2.44. The quantitative estimate of drug-likeness (QED) is 0.738. The zero-order valence-corrected chi connectivity index (χ0v) is 8.54. The lowest BCUT2D eigenvalue weighted by Gasteiger charge is -2.08. The van der Waals surface area contributed by atoms with Crippen LogP contribution in [0.2, 0.25) is 0 Å². The summed E-state index contributed by atoms with van der Waals surface area (Å²) < 4.78 is 33.7. The second-order valence-corrected chi connectivity index (χ2v) is 4.59. The molecule has 0 bridgehead atoms. The number of hydrazone groups is 1. The number of rotatable bonds is 1. The Bertz CT molecular complexity index is 484. The lowest BCUT2D eigenvalue weighted by Crippen LogP contribution is -2.10. The van der Waals surface area contributed by atoms with Gasteiger partial charge in [0.15, 0.2) is 5.04 Å². The molecule has 0 amide bonds. The van der Waals surface area contributed by atoms with Crippen LogP contribution < -0.4 is 5.43 Å². The fourth-order valence-electron chi connectivity index (χ4n) is 1.45. The van der Waals surface area contributed by atoms with Gasteiger partial charge in [-0.05, 0) is 5.56 Å². The van der Waals surface area contributed by atoms with E-state index in [1.807, 2.05) is 30.3 Å².